The lowest BCUT2D eigenvalue weighted by Gasteiger charge is -2.05. The summed E-state index contributed by atoms with van der Waals surface area (Å²) in [6.45, 7) is 5.26. The van der Waals surface area contributed by atoms with Crippen LogP contribution in [0.3, 0.4) is 0 Å². The van der Waals surface area contributed by atoms with Gasteiger partial charge in [0.2, 0.25) is 5.88 Å². The fourth-order valence-corrected chi connectivity index (χ4v) is 3.86. The van der Waals surface area contributed by atoms with E-state index < -0.39 is 0 Å². The van der Waals surface area contributed by atoms with Crippen LogP contribution in [-0.2, 0) is 0 Å². The molecule has 2 nitrogen and oxygen atoms in total. The SMILES string of the molecule is CCCCCCCC=Cc1ccc(C#Cc2ccc(OCCCCCCCCCC)nc2)cc1. The Morgan fingerprint density at radius 2 is 1.26 bits per heavy atom. The third-order valence-electron chi connectivity index (χ3n) is 6.03. The zero-order valence-electron chi connectivity index (χ0n) is 21.7. The van der Waals surface area contributed by atoms with Gasteiger partial charge in [-0.25, -0.2) is 4.98 Å². The zero-order valence-corrected chi connectivity index (χ0v) is 21.7. The molecule has 0 aliphatic rings. The van der Waals surface area contributed by atoms with Crippen LogP contribution in [-0.4, -0.2) is 11.6 Å². The molecular formula is C32H45NO. The average Bonchev–Trinajstić information content (AvgIpc) is 2.87. The van der Waals surface area contributed by atoms with Gasteiger partial charge in [0.05, 0.1) is 6.61 Å². The van der Waals surface area contributed by atoms with Crippen molar-refractivity contribution in [2.75, 3.05) is 6.61 Å². The molecule has 0 bridgehead atoms. The molecule has 0 radical (unpaired) electrons. The summed E-state index contributed by atoms with van der Waals surface area (Å²) in [5.74, 6) is 7.13. The smallest absolute Gasteiger partial charge is 0.213 e. The highest BCUT2D eigenvalue weighted by atomic mass is 16.5. The molecule has 1 heterocycles. The number of nitrogens with zero attached hydrogens (tertiary/aromatic N) is 1. The Bertz CT molecular complexity index is 839. The van der Waals surface area contributed by atoms with Crippen molar-refractivity contribution in [3.05, 3.63) is 65.4 Å². The Labute approximate surface area is 209 Å². The first-order chi connectivity index (χ1) is 16.8. The molecule has 0 N–H and O–H groups in total. The number of hydrogen-bond donors (Lipinski definition) is 0. The molecule has 34 heavy (non-hydrogen) atoms. The Morgan fingerprint density at radius 3 is 1.91 bits per heavy atom. The minimum absolute atomic E-state index is 0.690. The van der Waals surface area contributed by atoms with Crippen LogP contribution in [0.1, 0.15) is 120 Å². The van der Waals surface area contributed by atoms with Gasteiger partial charge in [-0.05, 0) is 43.0 Å². The normalized spacial score (nSPS) is 10.9. The van der Waals surface area contributed by atoms with Gasteiger partial charge in [0, 0.05) is 23.4 Å². The van der Waals surface area contributed by atoms with E-state index in [0.717, 1.165) is 30.6 Å². The van der Waals surface area contributed by atoms with Crippen molar-refractivity contribution in [3.63, 3.8) is 0 Å². The summed E-state index contributed by atoms with van der Waals surface area (Å²) in [6, 6.07) is 12.4. The molecule has 0 atom stereocenters. The second kappa shape index (κ2) is 18.8. The van der Waals surface area contributed by atoms with Crippen LogP contribution in [0.4, 0.5) is 0 Å². The number of ether oxygens (including phenoxy) is 1. The summed E-state index contributed by atoms with van der Waals surface area (Å²) in [5, 5.41) is 0. The van der Waals surface area contributed by atoms with Gasteiger partial charge in [0.1, 0.15) is 0 Å². The summed E-state index contributed by atoms with van der Waals surface area (Å²) in [5.41, 5.74) is 3.16. The molecule has 1 aromatic heterocycles. The lowest BCUT2D eigenvalue weighted by Crippen LogP contribution is -1.99. The standard InChI is InChI=1S/C32H45NO/c1-3-5-7-9-11-13-15-17-27-34-32-26-25-31(28-33-32)24-23-30-21-19-29(20-22-30)18-16-14-12-10-8-6-4-2/h16,18-22,25-26,28H,3-15,17,27H2,1-2H3. The molecule has 2 heteroatoms. The highest BCUT2D eigenvalue weighted by Gasteiger charge is 1.97. The van der Waals surface area contributed by atoms with E-state index in [4.69, 9.17) is 4.74 Å². The van der Waals surface area contributed by atoms with E-state index in [1.54, 1.807) is 6.20 Å². The van der Waals surface area contributed by atoms with Gasteiger partial charge in [-0.3, -0.25) is 0 Å². The number of unbranched alkanes of at least 4 members (excludes halogenated alkanes) is 12. The van der Waals surface area contributed by atoms with Crippen molar-refractivity contribution >= 4 is 6.08 Å². The molecule has 0 saturated carbocycles. The van der Waals surface area contributed by atoms with Crippen molar-refractivity contribution < 1.29 is 4.74 Å². The van der Waals surface area contributed by atoms with Crippen LogP contribution < -0.4 is 4.74 Å². The number of aromatic nitrogens is 1. The van der Waals surface area contributed by atoms with E-state index in [0.29, 0.717) is 5.88 Å². The number of pyridine rings is 1. The molecule has 0 aliphatic heterocycles. The Morgan fingerprint density at radius 1 is 0.676 bits per heavy atom. The molecule has 0 saturated heterocycles. The Hall–Kier alpha value is -2.53. The first-order valence-electron chi connectivity index (χ1n) is 13.7. The molecule has 0 spiro atoms. The second-order valence-electron chi connectivity index (χ2n) is 9.19. The van der Waals surface area contributed by atoms with E-state index in [9.17, 15) is 0 Å². The van der Waals surface area contributed by atoms with Gasteiger partial charge < -0.3 is 4.74 Å². The molecule has 1 aromatic carbocycles. The topological polar surface area (TPSA) is 22.1 Å². The minimum Gasteiger partial charge on any atom is -0.478 e. The molecule has 2 aromatic rings. The van der Waals surface area contributed by atoms with Crippen LogP contribution in [0.5, 0.6) is 5.88 Å². The number of hydrogen-bond acceptors (Lipinski definition) is 2. The fourth-order valence-electron chi connectivity index (χ4n) is 3.86. The van der Waals surface area contributed by atoms with E-state index >= 15 is 0 Å². The number of benzene rings is 1. The molecule has 0 fully saturated rings. The summed E-state index contributed by atoms with van der Waals surface area (Å²) in [4.78, 5) is 4.40. The summed E-state index contributed by atoms with van der Waals surface area (Å²) >= 11 is 0. The largest absolute Gasteiger partial charge is 0.478 e. The third-order valence-corrected chi connectivity index (χ3v) is 6.03. The predicted molar refractivity (Wildman–Crippen MR) is 147 cm³/mol. The molecule has 184 valence electrons. The monoisotopic (exact) mass is 459 g/mol. The van der Waals surface area contributed by atoms with Gasteiger partial charge in [0.15, 0.2) is 0 Å². The first-order valence-corrected chi connectivity index (χ1v) is 13.7. The third kappa shape index (κ3) is 13.2. The maximum absolute atomic E-state index is 5.78. The van der Waals surface area contributed by atoms with Crippen LogP contribution in [0.2, 0.25) is 0 Å². The van der Waals surface area contributed by atoms with Crippen molar-refractivity contribution in [2.24, 2.45) is 0 Å². The van der Waals surface area contributed by atoms with Crippen LogP contribution in [0.25, 0.3) is 6.08 Å². The van der Waals surface area contributed by atoms with Crippen LogP contribution >= 0.6 is 0 Å². The van der Waals surface area contributed by atoms with E-state index in [-0.39, 0.29) is 0 Å². The highest BCUT2D eigenvalue weighted by Crippen LogP contribution is 2.12. The quantitative estimate of drug-likeness (QED) is 0.174. The summed E-state index contributed by atoms with van der Waals surface area (Å²) in [6.07, 6.45) is 24.6. The Kier molecular flexibility index (Phi) is 15.4. The second-order valence-corrected chi connectivity index (χ2v) is 9.19. The highest BCUT2D eigenvalue weighted by molar-refractivity contribution is 5.52. The van der Waals surface area contributed by atoms with Crippen LogP contribution in [0, 0.1) is 11.8 Å². The van der Waals surface area contributed by atoms with Crippen molar-refractivity contribution in [2.45, 2.75) is 104 Å². The summed E-state index contributed by atoms with van der Waals surface area (Å²) in [7, 11) is 0. The van der Waals surface area contributed by atoms with E-state index in [1.807, 2.05) is 12.1 Å². The van der Waals surface area contributed by atoms with Gasteiger partial charge in [0.25, 0.3) is 0 Å². The molecule has 0 aliphatic carbocycles. The predicted octanol–water partition coefficient (Wildman–Crippen LogP) is 9.37. The first kappa shape index (κ1) is 27.7. The lowest BCUT2D eigenvalue weighted by molar-refractivity contribution is 0.293. The lowest BCUT2D eigenvalue weighted by atomic mass is 10.1. The van der Waals surface area contributed by atoms with E-state index in [2.05, 4.69) is 67.1 Å². The van der Waals surface area contributed by atoms with Crippen molar-refractivity contribution in [1.82, 2.24) is 4.98 Å². The van der Waals surface area contributed by atoms with Crippen molar-refractivity contribution in [1.29, 1.82) is 0 Å². The molecular weight excluding hydrogens is 414 g/mol. The summed E-state index contributed by atoms with van der Waals surface area (Å²) < 4.78 is 5.78. The Balaban J connectivity index is 1.65. The molecule has 0 unspecified atom stereocenters. The van der Waals surface area contributed by atoms with Gasteiger partial charge in [-0.2, -0.15) is 0 Å². The van der Waals surface area contributed by atoms with Crippen LogP contribution in [0.15, 0.2) is 48.7 Å². The van der Waals surface area contributed by atoms with Crippen molar-refractivity contribution in [3.8, 4) is 17.7 Å². The number of allylic oxidation sites excluding steroid dienone is 1. The average molecular weight is 460 g/mol. The zero-order chi connectivity index (χ0) is 24.1. The molecule has 0 amide bonds. The number of rotatable bonds is 17. The molecule has 2 rings (SSSR count). The minimum atomic E-state index is 0.690. The van der Waals surface area contributed by atoms with Gasteiger partial charge in [-0.1, -0.05) is 121 Å². The maximum atomic E-state index is 5.78. The maximum Gasteiger partial charge on any atom is 0.213 e. The fraction of sp³-hybridized carbons (Fsp3) is 0.531. The van der Waals surface area contributed by atoms with Gasteiger partial charge >= 0.3 is 0 Å². The van der Waals surface area contributed by atoms with Gasteiger partial charge in [-0.15, -0.1) is 0 Å². The van der Waals surface area contributed by atoms with E-state index in [1.165, 1.54) is 82.6 Å².